The van der Waals surface area contributed by atoms with Crippen LogP contribution in [0.25, 0.3) is 6.08 Å². The summed E-state index contributed by atoms with van der Waals surface area (Å²) in [6.07, 6.45) is 1.33. The molecule has 0 fully saturated rings. The monoisotopic (exact) mass is 315 g/mol. The van der Waals surface area contributed by atoms with Crippen molar-refractivity contribution in [3.8, 4) is 5.75 Å². The summed E-state index contributed by atoms with van der Waals surface area (Å²) in [5, 5.41) is 0. The average Bonchev–Trinajstić information content (AvgIpc) is 2.92. The van der Waals surface area contributed by atoms with Crippen LogP contribution >= 0.6 is 0 Å². The lowest BCUT2D eigenvalue weighted by atomic mass is 10.2. The van der Waals surface area contributed by atoms with Crippen LogP contribution in [0.4, 0.5) is 8.78 Å². The number of rotatable bonds is 3. The van der Waals surface area contributed by atoms with Gasteiger partial charge in [-0.25, -0.2) is 18.6 Å². The molecule has 0 aromatic heterocycles. The number of aliphatic imine (C=N–C) groups is 1. The highest BCUT2D eigenvalue weighted by Crippen LogP contribution is 2.22. The molecule has 1 aliphatic rings. The summed E-state index contributed by atoms with van der Waals surface area (Å²) in [5.74, 6) is -1.89. The fraction of sp³-hybridized carbons (Fsp3) is 0.0588. The zero-order chi connectivity index (χ0) is 16.4. The molecule has 0 spiro atoms. The Hall–Kier alpha value is -3.02. The summed E-state index contributed by atoms with van der Waals surface area (Å²) in [7, 11) is 1.52. The number of benzene rings is 2. The normalized spacial score (nSPS) is 15.5. The van der Waals surface area contributed by atoms with Crippen molar-refractivity contribution >= 4 is 17.9 Å². The van der Waals surface area contributed by atoms with Gasteiger partial charge in [-0.15, -0.1) is 0 Å². The first-order valence-corrected chi connectivity index (χ1v) is 6.69. The van der Waals surface area contributed by atoms with Crippen LogP contribution in [0.15, 0.2) is 53.2 Å². The molecule has 0 saturated carbocycles. The molecule has 1 aliphatic heterocycles. The lowest BCUT2D eigenvalue weighted by molar-refractivity contribution is -0.129. The van der Waals surface area contributed by atoms with E-state index in [4.69, 9.17) is 9.47 Å². The van der Waals surface area contributed by atoms with Crippen molar-refractivity contribution in [2.24, 2.45) is 4.99 Å². The van der Waals surface area contributed by atoms with E-state index in [0.29, 0.717) is 16.9 Å². The number of ether oxygens (including phenoxy) is 2. The first kappa shape index (κ1) is 14.9. The Morgan fingerprint density at radius 1 is 1.13 bits per heavy atom. The zero-order valence-electron chi connectivity index (χ0n) is 12.0. The van der Waals surface area contributed by atoms with Crippen LogP contribution in [0, 0.1) is 11.6 Å². The van der Waals surface area contributed by atoms with Crippen molar-refractivity contribution in [2.45, 2.75) is 0 Å². The summed E-state index contributed by atoms with van der Waals surface area (Å²) < 4.78 is 36.3. The van der Waals surface area contributed by atoms with E-state index in [1.165, 1.54) is 19.3 Å². The quantitative estimate of drug-likeness (QED) is 0.645. The molecule has 2 aromatic rings. The molecule has 116 valence electrons. The van der Waals surface area contributed by atoms with E-state index in [1.54, 1.807) is 24.3 Å². The van der Waals surface area contributed by atoms with Crippen LogP contribution in [-0.2, 0) is 9.53 Å². The number of carbonyl (C=O) groups is 1. The third-order valence-electron chi connectivity index (χ3n) is 3.18. The first-order valence-electron chi connectivity index (χ1n) is 6.69. The number of hydrogen-bond donors (Lipinski definition) is 0. The maximum atomic E-state index is 13.2. The molecule has 0 saturated heterocycles. The summed E-state index contributed by atoms with van der Waals surface area (Å²) in [6.45, 7) is 0. The second-order valence-corrected chi connectivity index (χ2v) is 4.74. The smallest absolute Gasteiger partial charge is 0.363 e. The van der Waals surface area contributed by atoms with Crippen LogP contribution in [0.1, 0.15) is 11.1 Å². The molecule has 0 atom stereocenters. The van der Waals surface area contributed by atoms with Gasteiger partial charge in [0.05, 0.1) is 7.11 Å². The van der Waals surface area contributed by atoms with E-state index in [2.05, 4.69) is 4.99 Å². The molecule has 0 bridgehead atoms. The molecular weight excluding hydrogens is 304 g/mol. The summed E-state index contributed by atoms with van der Waals surface area (Å²) in [6, 6.07) is 10.2. The number of hydrogen-bond acceptors (Lipinski definition) is 4. The van der Waals surface area contributed by atoms with Gasteiger partial charge in [0.25, 0.3) is 0 Å². The Kier molecular flexibility index (Phi) is 3.89. The fourth-order valence-corrected chi connectivity index (χ4v) is 2.05. The Morgan fingerprint density at radius 2 is 1.96 bits per heavy atom. The predicted molar refractivity (Wildman–Crippen MR) is 80.0 cm³/mol. The van der Waals surface area contributed by atoms with Gasteiger partial charge in [-0.05, 0) is 42.0 Å². The summed E-state index contributed by atoms with van der Waals surface area (Å²) >= 11 is 0. The lowest BCUT2D eigenvalue weighted by Crippen LogP contribution is -2.05. The number of methoxy groups -OCH3 is 1. The molecule has 0 amide bonds. The Morgan fingerprint density at radius 3 is 2.70 bits per heavy atom. The maximum absolute atomic E-state index is 13.2. The van der Waals surface area contributed by atoms with Crippen LogP contribution in [0.3, 0.4) is 0 Å². The second kappa shape index (κ2) is 6.00. The molecule has 2 aromatic carbocycles. The van der Waals surface area contributed by atoms with Crippen molar-refractivity contribution in [3.63, 3.8) is 0 Å². The number of halogens is 2. The number of esters is 1. The number of nitrogens with zero attached hydrogens (tertiary/aromatic N) is 1. The maximum Gasteiger partial charge on any atom is 0.363 e. The van der Waals surface area contributed by atoms with Crippen LogP contribution in [0.5, 0.6) is 5.75 Å². The highest BCUT2D eigenvalue weighted by Gasteiger charge is 2.24. The molecule has 0 N–H and O–H groups in total. The Labute approximate surface area is 130 Å². The first-order chi connectivity index (χ1) is 11.1. The van der Waals surface area contributed by atoms with E-state index in [0.717, 1.165) is 12.1 Å². The molecule has 4 nitrogen and oxygen atoms in total. The van der Waals surface area contributed by atoms with E-state index < -0.39 is 17.6 Å². The average molecular weight is 315 g/mol. The van der Waals surface area contributed by atoms with Crippen LogP contribution < -0.4 is 4.74 Å². The third kappa shape index (κ3) is 3.11. The third-order valence-corrected chi connectivity index (χ3v) is 3.18. The minimum atomic E-state index is -0.997. The Balaban J connectivity index is 1.94. The van der Waals surface area contributed by atoms with Crippen molar-refractivity contribution in [1.82, 2.24) is 0 Å². The predicted octanol–water partition coefficient (Wildman–Crippen LogP) is 3.32. The number of carbonyl (C=O) groups excluding carboxylic acids is 1. The topological polar surface area (TPSA) is 47.9 Å². The van der Waals surface area contributed by atoms with Gasteiger partial charge < -0.3 is 9.47 Å². The van der Waals surface area contributed by atoms with Crippen molar-refractivity contribution in [1.29, 1.82) is 0 Å². The van der Waals surface area contributed by atoms with Gasteiger partial charge in [0, 0.05) is 5.56 Å². The Bertz CT molecular complexity index is 843. The largest absolute Gasteiger partial charge is 0.497 e. The van der Waals surface area contributed by atoms with E-state index in [-0.39, 0.29) is 11.6 Å². The highest BCUT2D eigenvalue weighted by atomic mass is 19.2. The van der Waals surface area contributed by atoms with Crippen molar-refractivity contribution in [2.75, 3.05) is 7.11 Å². The minimum absolute atomic E-state index is 0.00817. The minimum Gasteiger partial charge on any atom is -0.497 e. The van der Waals surface area contributed by atoms with Gasteiger partial charge >= 0.3 is 5.97 Å². The zero-order valence-corrected chi connectivity index (χ0v) is 12.0. The molecule has 0 radical (unpaired) electrons. The molecule has 23 heavy (non-hydrogen) atoms. The van der Waals surface area contributed by atoms with Gasteiger partial charge in [-0.1, -0.05) is 12.1 Å². The number of cyclic esters (lactones) is 1. The molecule has 6 heteroatoms. The van der Waals surface area contributed by atoms with E-state index in [1.807, 2.05) is 0 Å². The molecule has 0 unspecified atom stereocenters. The highest BCUT2D eigenvalue weighted by molar-refractivity contribution is 6.12. The standard InChI is InChI=1S/C17H11F2NO3/c1-22-12-4-2-3-11(9-12)16-20-15(17(21)23-16)8-10-5-6-13(18)14(19)7-10/h2-9H,1H3. The van der Waals surface area contributed by atoms with Gasteiger partial charge in [-0.2, -0.15) is 0 Å². The molecule has 1 heterocycles. The van der Waals surface area contributed by atoms with Gasteiger partial charge in [0.1, 0.15) is 5.75 Å². The summed E-state index contributed by atoms with van der Waals surface area (Å²) in [4.78, 5) is 16.0. The fourth-order valence-electron chi connectivity index (χ4n) is 2.05. The SMILES string of the molecule is COc1cccc(C2=NC(=Cc3ccc(F)c(F)c3)C(=O)O2)c1. The van der Waals surface area contributed by atoms with Crippen LogP contribution in [0.2, 0.25) is 0 Å². The van der Waals surface area contributed by atoms with Gasteiger partial charge in [0.15, 0.2) is 17.3 Å². The van der Waals surface area contributed by atoms with Gasteiger partial charge in [0.2, 0.25) is 5.90 Å². The van der Waals surface area contributed by atoms with Crippen molar-refractivity contribution < 1.29 is 23.0 Å². The van der Waals surface area contributed by atoms with Gasteiger partial charge in [-0.3, -0.25) is 0 Å². The van der Waals surface area contributed by atoms with E-state index in [9.17, 15) is 13.6 Å². The second-order valence-electron chi connectivity index (χ2n) is 4.74. The van der Waals surface area contributed by atoms with Crippen molar-refractivity contribution in [3.05, 3.63) is 70.9 Å². The molecule has 3 rings (SSSR count). The molecular formula is C17H11F2NO3. The summed E-state index contributed by atoms with van der Waals surface area (Å²) in [5.41, 5.74) is 0.895. The molecule has 0 aliphatic carbocycles. The van der Waals surface area contributed by atoms with E-state index >= 15 is 0 Å². The lowest BCUT2D eigenvalue weighted by Gasteiger charge is -2.02. The van der Waals surface area contributed by atoms with Crippen LogP contribution in [-0.4, -0.2) is 19.0 Å².